The fraction of sp³-hybridized carbons (Fsp3) is 0.571. The van der Waals surface area contributed by atoms with E-state index in [9.17, 15) is 5.11 Å². The molecule has 1 unspecified atom stereocenters. The fourth-order valence-corrected chi connectivity index (χ4v) is 3.54. The van der Waals surface area contributed by atoms with E-state index < -0.39 is 0 Å². The maximum atomic E-state index is 9.63. The number of hydrogen-bond acceptors (Lipinski definition) is 2. The molecule has 0 amide bonds. The lowest BCUT2D eigenvalue weighted by molar-refractivity contribution is 0.369. The molecule has 1 atom stereocenters. The predicted molar refractivity (Wildman–Crippen MR) is 80.3 cm³/mol. The molecule has 1 aromatic rings. The van der Waals surface area contributed by atoms with E-state index in [1.165, 1.54) is 5.56 Å². The van der Waals surface area contributed by atoms with Gasteiger partial charge in [0, 0.05) is 9.34 Å². The van der Waals surface area contributed by atoms with Crippen LogP contribution in [-0.2, 0) is 0 Å². The summed E-state index contributed by atoms with van der Waals surface area (Å²) in [6, 6.07) is 5.65. The van der Waals surface area contributed by atoms with Gasteiger partial charge >= 0.3 is 0 Å². The molecule has 0 radical (unpaired) electrons. The van der Waals surface area contributed by atoms with Gasteiger partial charge in [-0.15, -0.1) is 0 Å². The molecule has 0 saturated heterocycles. The highest BCUT2D eigenvalue weighted by Gasteiger charge is 2.31. The van der Waals surface area contributed by atoms with Crippen molar-refractivity contribution in [2.24, 2.45) is 5.92 Å². The van der Waals surface area contributed by atoms with Gasteiger partial charge < -0.3 is 9.84 Å². The van der Waals surface area contributed by atoms with E-state index in [2.05, 4.69) is 50.3 Å². The van der Waals surface area contributed by atoms with Gasteiger partial charge in [0.1, 0.15) is 0 Å². The van der Waals surface area contributed by atoms with Crippen molar-refractivity contribution in [3.05, 3.63) is 23.8 Å². The maximum Gasteiger partial charge on any atom is 0.160 e. The van der Waals surface area contributed by atoms with Crippen LogP contribution in [0.2, 0.25) is 0 Å². The summed E-state index contributed by atoms with van der Waals surface area (Å²) in [6.07, 6.45) is 0. The Hall–Kier alpha value is -0.450. The van der Waals surface area contributed by atoms with Gasteiger partial charge in [0.05, 0.1) is 7.11 Å². The van der Waals surface area contributed by atoms with Gasteiger partial charge in [-0.25, -0.2) is 0 Å². The molecular formula is C14H21IO2. The number of alkyl halides is 1. The first-order valence-electron chi connectivity index (χ1n) is 5.83. The second-order valence-corrected chi connectivity index (χ2v) is 8.00. The lowest BCUT2D eigenvalue weighted by Gasteiger charge is -2.33. The topological polar surface area (TPSA) is 29.5 Å². The highest BCUT2D eigenvalue weighted by Crippen LogP contribution is 2.42. The van der Waals surface area contributed by atoms with Crippen LogP contribution in [0.3, 0.4) is 0 Å². The van der Waals surface area contributed by atoms with Gasteiger partial charge in [-0.2, -0.15) is 0 Å². The Labute approximate surface area is 118 Å². The minimum absolute atomic E-state index is 0.161. The van der Waals surface area contributed by atoms with Crippen LogP contribution in [-0.4, -0.2) is 15.6 Å². The first kappa shape index (κ1) is 14.6. The summed E-state index contributed by atoms with van der Waals surface area (Å²) in [5, 5.41) is 9.63. The molecule has 0 heterocycles. The monoisotopic (exact) mass is 348 g/mol. The molecule has 1 rings (SSSR count). The van der Waals surface area contributed by atoms with Crippen molar-refractivity contribution in [1.29, 1.82) is 0 Å². The number of benzene rings is 1. The lowest BCUT2D eigenvalue weighted by atomic mass is 9.80. The third-order valence-corrected chi connectivity index (χ3v) is 3.64. The maximum absolute atomic E-state index is 9.63. The van der Waals surface area contributed by atoms with E-state index in [4.69, 9.17) is 4.74 Å². The molecule has 0 aliphatic heterocycles. The molecule has 0 aliphatic carbocycles. The van der Waals surface area contributed by atoms with Crippen LogP contribution < -0.4 is 4.74 Å². The molecular weight excluding hydrogens is 327 g/mol. The van der Waals surface area contributed by atoms with Gasteiger partial charge in [-0.1, -0.05) is 56.4 Å². The van der Waals surface area contributed by atoms with Gasteiger partial charge in [0.15, 0.2) is 11.5 Å². The molecule has 96 valence electrons. The summed E-state index contributed by atoms with van der Waals surface area (Å²) in [5.74, 6) is 1.72. The van der Waals surface area contributed by atoms with Crippen LogP contribution in [0.5, 0.6) is 11.5 Å². The number of rotatable bonds is 4. The van der Waals surface area contributed by atoms with Crippen LogP contribution in [0, 0.1) is 5.92 Å². The summed E-state index contributed by atoms with van der Waals surface area (Å²) < 4.78 is 5.34. The molecule has 0 aliphatic rings. The number of phenolic OH excluding ortho intramolecular Hbond substituents is 1. The molecule has 3 heteroatoms. The van der Waals surface area contributed by atoms with E-state index >= 15 is 0 Å². The lowest BCUT2D eigenvalue weighted by Crippen LogP contribution is -2.26. The summed E-state index contributed by atoms with van der Waals surface area (Å²) in [6.45, 7) is 8.92. The van der Waals surface area contributed by atoms with Crippen LogP contribution in [0.1, 0.15) is 39.2 Å². The molecule has 0 aromatic heterocycles. The summed E-state index contributed by atoms with van der Waals surface area (Å²) in [7, 11) is 1.58. The second-order valence-electron chi connectivity index (χ2n) is 5.22. The van der Waals surface area contributed by atoms with E-state index in [0.717, 1.165) is 0 Å². The van der Waals surface area contributed by atoms with Gasteiger partial charge in [-0.3, -0.25) is 0 Å². The predicted octanol–water partition coefficient (Wildman–Crippen LogP) is 4.35. The zero-order valence-electron chi connectivity index (χ0n) is 11.1. The highest BCUT2D eigenvalue weighted by atomic mass is 127. The van der Waals surface area contributed by atoms with Crippen molar-refractivity contribution in [3.8, 4) is 11.5 Å². The van der Waals surface area contributed by atoms with Crippen molar-refractivity contribution in [2.75, 3.05) is 7.11 Å². The van der Waals surface area contributed by atoms with E-state index in [1.807, 2.05) is 12.1 Å². The number of halogens is 1. The normalized spacial score (nSPS) is 13.8. The number of aromatic hydroxyl groups is 1. The molecule has 2 nitrogen and oxygen atoms in total. The van der Waals surface area contributed by atoms with Crippen molar-refractivity contribution < 1.29 is 9.84 Å². The molecule has 0 spiro atoms. The molecule has 0 saturated carbocycles. The Bertz CT molecular complexity index is 380. The Morgan fingerprint density at radius 2 is 1.88 bits per heavy atom. The third kappa shape index (κ3) is 3.50. The van der Waals surface area contributed by atoms with Crippen LogP contribution >= 0.6 is 22.6 Å². The van der Waals surface area contributed by atoms with Crippen LogP contribution in [0.15, 0.2) is 18.2 Å². The Morgan fingerprint density at radius 1 is 1.29 bits per heavy atom. The summed E-state index contributed by atoms with van der Waals surface area (Å²) in [5.41, 5.74) is 1.22. The Balaban J connectivity index is 3.20. The molecule has 1 N–H and O–H groups in total. The number of phenols is 1. The van der Waals surface area contributed by atoms with Crippen molar-refractivity contribution in [1.82, 2.24) is 0 Å². The minimum Gasteiger partial charge on any atom is -0.504 e. The largest absolute Gasteiger partial charge is 0.504 e. The van der Waals surface area contributed by atoms with E-state index in [0.29, 0.717) is 17.6 Å². The SMILES string of the molecule is COc1cc(C(C(C)C)C(C)(C)I)ccc1O. The summed E-state index contributed by atoms with van der Waals surface area (Å²) >= 11 is 2.49. The highest BCUT2D eigenvalue weighted by molar-refractivity contribution is 14.1. The van der Waals surface area contributed by atoms with Crippen LogP contribution in [0.25, 0.3) is 0 Å². The number of hydrogen-bond donors (Lipinski definition) is 1. The quantitative estimate of drug-likeness (QED) is 0.647. The van der Waals surface area contributed by atoms with E-state index in [1.54, 1.807) is 13.2 Å². The first-order valence-corrected chi connectivity index (χ1v) is 6.91. The first-order chi connectivity index (χ1) is 7.77. The van der Waals surface area contributed by atoms with Gasteiger partial charge in [0.25, 0.3) is 0 Å². The average Bonchev–Trinajstić information content (AvgIpc) is 2.18. The van der Waals surface area contributed by atoms with E-state index in [-0.39, 0.29) is 9.17 Å². The van der Waals surface area contributed by atoms with Gasteiger partial charge in [-0.05, 0) is 23.6 Å². The van der Waals surface area contributed by atoms with Gasteiger partial charge in [0.2, 0.25) is 0 Å². The Kier molecular flexibility index (Phi) is 4.69. The average molecular weight is 348 g/mol. The molecule has 17 heavy (non-hydrogen) atoms. The minimum atomic E-state index is 0.161. The zero-order valence-corrected chi connectivity index (χ0v) is 13.3. The smallest absolute Gasteiger partial charge is 0.160 e. The summed E-state index contributed by atoms with van der Waals surface area (Å²) in [4.78, 5) is 0. The second kappa shape index (κ2) is 5.46. The van der Waals surface area contributed by atoms with Crippen molar-refractivity contribution >= 4 is 22.6 Å². The Morgan fingerprint density at radius 3 is 2.29 bits per heavy atom. The fourth-order valence-electron chi connectivity index (χ4n) is 2.46. The zero-order chi connectivity index (χ0) is 13.2. The molecule has 0 bridgehead atoms. The standard InChI is InChI=1S/C14H21IO2/c1-9(2)13(14(3,4)15)10-6-7-11(16)12(8-10)17-5/h6-9,13,16H,1-5H3. The molecule has 0 fully saturated rings. The third-order valence-electron chi connectivity index (χ3n) is 2.97. The van der Waals surface area contributed by atoms with Crippen molar-refractivity contribution in [3.63, 3.8) is 0 Å². The molecule has 1 aromatic carbocycles. The van der Waals surface area contributed by atoms with Crippen molar-refractivity contribution in [2.45, 2.75) is 37.0 Å². The van der Waals surface area contributed by atoms with Crippen LogP contribution in [0.4, 0.5) is 0 Å². The number of ether oxygens (including phenoxy) is 1. The number of methoxy groups -OCH3 is 1.